The minimum Gasteiger partial charge on any atom is -0.453 e. The van der Waals surface area contributed by atoms with Crippen molar-refractivity contribution in [3.8, 4) is 0 Å². The third kappa shape index (κ3) is 3.12. The molecule has 0 spiro atoms. The summed E-state index contributed by atoms with van der Waals surface area (Å²) >= 11 is 0. The number of aromatic nitrogens is 1. The fourth-order valence-corrected chi connectivity index (χ4v) is 2.21. The van der Waals surface area contributed by atoms with Gasteiger partial charge < -0.3 is 9.64 Å². The lowest BCUT2D eigenvalue weighted by Gasteiger charge is -2.31. The maximum Gasteiger partial charge on any atom is 0.411 e. The maximum atomic E-state index is 11.0. The van der Waals surface area contributed by atoms with Crippen LogP contribution in [0, 0.1) is 5.92 Å². The Morgan fingerprint density at radius 3 is 3.00 bits per heavy atom. The van der Waals surface area contributed by atoms with Crippen molar-refractivity contribution in [3.63, 3.8) is 0 Å². The van der Waals surface area contributed by atoms with Gasteiger partial charge in [-0.15, -0.1) is 0 Å². The molecular formula is C13H19N3O2. The van der Waals surface area contributed by atoms with Crippen molar-refractivity contribution in [2.24, 2.45) is 5.92 Å². The molecule has 1 atom stereocenters. The van der Waals surface area contributed by atoms with Crippen LogP contribution in [-0.2, 0) is 4.74 Å². The molecule has 18 heavy (non-hydrogen) atoms. The maximum absolute atomic E-state index is 11.0. The Kier molecular flexibility index (Phi) is 4.02. The first-order valence-electron chi connectivity index (χ1n) is 6.25. The van der Waals surface area contributed by atoms with Gasteiger partial charge in [0.25, 0.3) is 0 Å². The van der Waals surface area contributed by atoms with Gasteiger partial charge in [0.2, 0.25) is 0 Å². The molecule has 2 heterocycles. The third-order valence-corrected chi connectivity index (χ3v) is 3.16. The van der Waals surface area contributed by atoms with Crippen LogP contribution in [0.2, 0.25) is 0 Å². The van der Waals surface area contributed by atoms with Gasteiger partial charge in [0.1, 0.15) is 5.82 Å². The molecule has 0 aromatic carbocycles. The second-order valence-corrected chi connectivity index (χ2v) is 4.72. The van der Waals surface area contributed by atoms with Crippen LogP contribution in [0.3, 0.4) is 0 Å². The molecule has 5 heteroatoms. The molecule has 98 valence electrons. The second-order valence-electron chi connectivity index (χ2n) is 4.72. The van der Waals surface area contributed by atoms with Crippen molar-refractivity contribution in [2.45, 2.75) is 19.8 Å². The van der Waals surface area contributed by atoms with Crippen molar-refractivity contribution in [1.82, 2.24) is 4.98 Å². The molecule has 0 aliphatic carbocycles. The summed E-state index contributed by atoms with van der Waals surface area (Å²) in [5, 5.41) is 2.59. The van der Waals surface area contributed by atoms with E-state index in [2.05, 4.69) is 26.9 Å². The van der Waals surface area contributed by atoms with Crippen LogP contribution in [-0.4, -0.2) is 31.3 Å². The van der Waals surface area contributed by atoms with Gasteiger partial charge in [-0.1, -0.05) is 6.92 Å². The molecule has 5 nitrogen and oxygen atoms in total. The fourth-order valence-electron chi connectivity index (χ4n) is 2.21. The van der Waals surface area contributed by atoms with E-state index in [1.165, 1.54) is 20.0 Å². The summed E-state index contributed by atoms with van der Waals surface area (Å²) < 4.78 is 4.53. The Bertz CT molecular complexity index is 405. The Morgan fingerprint density at radius 1 is 1.56 bits per heavy atom. The van der Waals surface area contributed by atoms with E-state index in [4.69, 9.17) is 0 Å². The van der Waals surface area contributed by atoms with Crippen LogP contribution in [0.15, 0.2) is 18.3 Å². The Labute approximate surface area is 107 Å². The first-order chi connectivity index (χ1) is 8.69. The lowest BCUT2D eigenvalue weighted by Crippen LogP contribution is -2.34. The molecule has 1 saturated heterocycles. The van der Waals surface area contributed by atoms with E-state index in [0.717, 1.165) is 18.9 Å². The largest absolute Gasteiger partial charge is 0.453 e. The van der Waals surface area contributed by atoms with Crippen LogP contribution in [0.25, 0.3) is 0 Å². The van der Waals surface area contributed by atoms with Crippen molar-refractivity contribution in [1.29, 1.82) is 0 Å². The molecule has 0 saturated carbocycles. The molecule has 0 radical (unpaired) electrons. The van der Waals surface area contributed by atoms with Crippen LogP contribution in [0.4, 0.5) is 16.3 Å². The van der Waals surface area contributed by atoms with Gasteiger partial charge in [-0.3, -0.25) is 5.32 Å². The predicted molar refractivity (Wildman–Crippen MR) is 70.9 cm³/mol. The fraction of sp³-hybridized carbons (Fsp3) is 0.538. The number of hydrogen-bond donors (Lipinski definition) is 1. The zero-order valence-corrected chi connectivity index (χ0v) is 10.8. The molecule has 1 N–H and O–H groups in total. The normalized spacial score (nSPS) is 19.4. The number of amides is 1. The average Bonchev–Trinajstić information content (AvgIpc) is 2.39. The SMILES string of the molecule is COC(=O)Nc1ccc(N2CCCC(C)C2)nc1. The molecule has 1 amide bonds. The smallest absolute Gasteiger partial charge is 0.411 e. The van der Waals surface area contributed by atoms with Gasteiger partial charge >= 0.3 is 6.09 Å². The molecule has 1 aromatic heterocycles. The van der Waals surface area contributed by atoms with Crippen LogP contribution in [0.5, 0.6) is 0 Å². The van der Waals surface area contributed by atoms with E-state index < -0.39 is 6.09 Å². The number of carbonyl (C=O) groups is 1. The molecule has 1 unspecified atom stereocenters. The topological polar surface area (TPSA) is 54.5 Å². The van der Waals surface area contributed by atoms with Crippen LogP contribution < -0.4 is 10.2 Å². The summed E-state index contributed by atoms with van der Waals surface area (Å²) in [5.41, 5.74) is 0.649. The van der Waals surface area contributed by atoms with E-state index in [1.807, 2.05) is 12.1 Å². The summed E-state index contributed by atoms with van der Waals surface area (Å²) in [5.74, 6) is 1.69. The summed E-state index contributed by atoms with van der Waals surface area (Å²) in [6.45, 7) is 4.37. The molecule has 1 fully saturated rings. The number of rotatable bonds is 2. The van der Waals surface area contributed by atoms with Gasteiger partial charge in [-0.2, -0.15) is 0 Å². The lowest BCUT2D eigenvalue weighted by molar-refractivity contribution is 0.187. The second kappa shape index (κ2) is 5.71. The summed E-state index contributed by atoms with van der Waals surface area (Å²) in [6.07, 6.45) is 3.69. The lowest BCUT2D eigenvalue weighted by atomic mass is 10.0. The van der Waals surface area contributed by atoms with E-state index in [1.54, 1.807) is 6.20 Å². The number of methoxy groups -OCH3 is 1. The van der Waals surface area contributed by atoms with E-state index in [0.29, 0.717) is 11.6 Å². The van der Waals surface area contributed by atoms with Gasteiger partial charge in [0, 0.05) is 13.1 Å². The van der Waals surface area contributed by atoms with Gasteiger partial charge in [0.15, 0.2) is 0 Å². The highest BCUT2D eigenvalue weighted by Crippen LogP contribution is 2.21. The van der Waals surface area contributed by atoms with E-state index >= 15 is 0 Å². The number of anilines is 2. The minimum atomic E-state index is -0.476. The zero-order chi connectivity index (χ0) is 13.0. The highest BCUT2D eigenvalue weighted by atomic mass is 16.5. The minimum absolute atomic E-state index is 0.476. The van der Waals surface area contributed by atoms with E-state index in [-0.39, 0.29) is 0 Å². The van der Waals surface area contributed by atoms with Crippen LogP contribution in [0.1, 0.15) is 19.8 Å². The van der Waals surface area contributed by atoms with Gasteiger partial charge in [-0.25, -0.2) is 9.78 Å². The highest BCUT2D eigenvalue weighted by molar-refractivity contribution is 5.84. The van der Waals surface area contributed by atoms with Crippen molar-refractivity contribution in [3.05, 3.63) is 18.3 Å². The Balaban J connectivity index is 2.00. The predicted octanol–water partition coefficient (Wildman–Crippen LogP) is 2.50. The van der Waals surface area contributed by atoms with Crippen LogP contribution >= 0.6 is 0 Å². The van der Waals surface area contributed by atoms with Crippen molar-refractivity contribution < 1.29 is 9.53 Å². The van der Waals surface area contributed by atoms with Gasteiger partial charge in [-0.05, 0) is 30.9 Å². The number of nitrogens with zero attached hydrogens (tertiary/aromatic N) is 2. The molecule has 1 aliphatic heterocycles. The monoisotopic (exact) mass is 249 g/mol. The van der Waals surface area contributed by atoms with E-state index in [9.17, 15) is 4.79 Å². The molecule has 0 bridgehead atoms. The zero-order valence-electron chi connectivity index (χ0n) is 10.8. The summed E-state index contributed by atoms with van der Waals surface area (Å²) in [6, 6.07) is 3.78. The Morgan fingerprint density at radius 2 is 2.39 bits per heavy atom. The number of nitrogens with one attached hydrogen (secondary N) is 1. The molecular weight excluding hydrogens is 230 g/mol. The van der Waals surface area contributed by atoms with Crippen molar-refractivity contribution in [2.75, 3.05) is 30.4 Å². The quantitative estimate of drug-likeness (QED) is 0.875. The highest BCUT2D eigenvalue weighted by Gasteiger charge is 2.17. The number of pyridine rings is 1. The third-order valence-electron chi connectivity index (χ3n) is 3.16. The number of ether oxygens (including phenoxy) is 1. The number of piperidine rings is 1. The summed E-state index contributed by atoms with van der Waals surface area (Å²) in [7, 11) is 1.34. The van der Waals surface area contributed by atoms with Gasteiger partial charge in [0.05, 0.1) is 19.0 Å². The Hall–Kier alpha value is -1.78. The molecule has 2 rings (SSSR count). The first kappa shape index (κ1) is 12.7. The van der Waals surface area contributed by atoms with Crippen molar-refractivity contribution >= 4 is 17.6 Å². The molecule has 1 aromatic rings. The number of carbonyl (C=O) groups excluding carboxylic acids is 1. The summed E-state index contributed by atoms with van der Waals surface area (Å²) in [4.78, 5) is 17.7. The number of hydrogen-bond acceptors (Lipinski definition) is 4. The average molecular weight is 249 g/mol. The standard InChI is InChI=1S/C13H19N3O2/c1-10-4-3-7-16(9-10)12-6-5-11(8-14-12)15-13(17)18-2/h5-6,8,10H,3-4,7,9H2,1-2H3,(H,15,17). The molecule has 1 aliphatic rings. The first-order valence-corrected chi connectivity index (χ1v) is 6.25.